The lowest BCUT2D eigenvalue weighted by Gasteiger charge is -2.52. The summed E-state index contributed by atoms with van der Waals surface area (Å²) in [5.41, 5.74) is 1.78. The van der Waals surface area contributed by atoms with Crippen molar-refractivity contribution in [3.8, 4) is 5.75 Å². The molecule has 0 radical (unpaired) electrons. The zero-order valence-corrected chi connectivity index (χ0v) is 12.6. The highest BCUT2D eigenvalue weighted by Crippen LogP contribution is 2.45. The second-order valence-corrected chi connectivity index (χ2v) is 6.08. The van der Waals surface area contributed by atoms with Crippen LogP contribution < -0.4 is 15.0 Å². The number of benzene rings is 2. The number of thiocarbonyl (C=S) groups is 1. The lowest BCUT2D eigenvalue weighted by atomic mass is 9.90. The van der Waals surface area contributed by atoms with Gasteiger partial charge in [-0.25, -0.2) is 0 Å². The fourth-order valence-corrected chi connectivity index (χ4v) is 3.73. The van der Waals surface area contributed by atoms with Crippen molar-refractivity contribution >= 4 is 23.0 Å². The Hall–Kier alpha value is -2.07. The van der Waals surface area contributed by atoms with Crippen molar-refractivity contribution in [3.63, 3.8) is 0 Å². The van der Waals surface area contributed by atoms with E-state index in [4.69, 9.17) is 17.0 Å². The predicted octanol–water partition coefficient (Wildman–Crippen LogP) is 3.62. The Labute approximate surface area is 129 Å². The van der Waals surface area contributed by atoms with Gasteiger partial charge in [-0.05, 0) is 37.3 Å². The third-order valence-electron chi connectivity index (χ3n) is 4.20. The minimum atomic E-state index is -0.456. The van der Waals surface area contributed by atoms with Crippen LogP contribution in [0.15, 0.2) is 54.6 Å². The second-order valence-electron chi connectivity index (χ2n) is 5.69. The smallest absolute Gasteiger partial charge is 0.188 e. The summed E-state index contributed by atoms with van der Waals surface area (Å²) in [6.45, 7) is 2.11. The van der Waals surface area contributed by atoms with Crippen LogP contribution in [0.2, 0.25) is 0 Å². The van der Waals surface area contributed by atoms with Gasteiger partial charge in [0.2, 0.25) is 0 Å². The summed E-state index contributed by atoms with van der Waals surface area (Å²) >= 11 is 5.60. The zero-order valence-electron chi connectivity index (χ0n) is 11.7. The van der Waals surface area contributed by atoms with E-state index < -0.39 is 5.72 Å². The van der Waals surface area contributed by atoms with Gasteiger partial charge in [-0.15, -0.1) is 0 Å². The first-order valence-electron chi connectivity index (χ1n) is 7.11. The SMILES string of the molecule is C[C@@]12C[C@H](NC(=S)N1c1ccccc1)c1ccccc1O2. The fourth-order valence-electron chi connectivity index (χ4n) is 3.29. The number of hydrogen-bond acceptors (Lipinski definition) is 2. The first-order valence-corrected chi connectivity index (χ1v) is 7.52. The highest BCUT2D eigenvalue weighted by Gasteiger charge is 2.48. The zero-order chi connectivity index (χ0) is 14.4. The Morgan fingerprint density at radius 3 is 2.67 bits per heavy atom. The van der Waals surface area contributed by atoms with Gasteiger partial charge in [0.25, 0.3) is 0 Å². The molecular weight excluding hydrogens is 280 g/mol. The molecule has 4 rings (SSSR count). The van der Waals surface area contributed by atoms with Gasteiger partial charge in [0, 0.05) is 17.7 Å². The van der Waals surface area contributed by atoms with Gasteiger partial charge in [0.05, 0.1) is 6.04 Å². The molecule has 2 bridgehead atoms. The number of para-hydroxylation sites is 2. The normalized spacial score (nSPS) is 26.6. The quantitative estimate of drug-likeness (QED) is 0.812. The second kappa shape index (κ2) is 4.46. The molecule has 0 aliphatic carbocycles. The molecule has 2 aromatic carbocycles. The summed E-state index contributed by atoms with van der Waals surface area (Å²) in [5, 5.41) is 4.17. The van der Waals surface area contributed by atoms with E-state index >= 15 is 0 Å². The summed E-state index contributed by atoms with van der Waals surface area (Å²) in [7, 11) is 0. The summed E-state index contributed by atoms with van der Waals surface area (Å²) < 4.78 is 6.33. The van der Waals surface area contributed by atoms with Crippen molar-refractivity contribution in [1.82, 2.24) is 5.32 Å². The largest absolute Gasteiger partial charge is 0.467 e. The minimum absolute atomic E-state index is 0.215. The fraction of sp³-hybridized carbons (Fsp3) is 0.235. The average molecular weight is 296 g/mol. The Balaban J connectivity index is 1.82. The molecular formula is C17H16N2OS. The number of ether oxygens (including phenoxy) is 1. The van der Waals surface area contributed by atoms with E-state index in [-0.39, 0.29) is 6.04 Å². The van der Waals surface area contributed by atoms with E-state index in [1.54, 1.807) is 0 Å². The molecule has 0 unspecified atom stereocenters. The highest BCUT2D eigenvalue weighted by molar-refractivity contribution is 7.80. The third-order valence-corrected chi connectivity index (χ3v) is 4.50. The molecule has 1 saturated heterocycles. The van der Waals surface area contributed by atoms with Crippen molar-refractivity contribution in [2.75, 3.05) is 4.90 Å². The molecule has 3 nitrogen and oxygen atoms in total. The first-order chi connectivity index (χ1) is 10.2. The van der Waals surface area contributed by atoms with Gasteiger partial charge in [0.15, 0.2) is 10.8 Å². The van der Waals surface area contributed by atoms with Crippen LogP contribution in [-0.4, -0.2) is 10.8 Å². The Bertz CT molecular complexity index is 703. The van der Waals surface area contributed by atoms with Crippen LogP contribution in [0.3, 0.4) is 0 Å². The Morgan fingerprint density at radius 1 is 1.14 bits per heavy atom. The van der Waals surface area contributed by atoms with E-state index in [2.05, 4.69) is 35.3 Å². The lowest BCUT2D eigenvalue weighted by molar-refractivity contribution is 0.0498. The maximum absolute atomic E-state index is 6.33. The van der Waals surface area contributed by atoms with Crippen molar-refractivity contribution in [2.24, 2.45) is 0 Å². The minimum Gasteiger partial charge on any atom is -0.467 e. The third kappa shape index (κ3) is 1.90. The van der Waals surface area contributed by atoms with E-state index in [1.807, 2.05) is 36.4 Å². The van der Waals surface area contributed by atoms with Crippen LogP contribution in [-0.2, 0) is 0 Å². The summed E-state index contributed by atoms with van der Waals surface area (Å²) in [6.07, 6.45) is 0.860. The van der Waals surface area contributed by atoms with Gasteiger partial charge in [0.1, 0.15) is 5.75 Å². The number of anilines is 1. The van der Waals surface area contributed by atoms with Gasteiger partial charge in [-0.1, -0.05) is 36.4 Å². The van der Waals surface area contributed by atoms with Crippen LogP contribution in [0, 0.1) is 0 Å². The van der Waals surface area contributed by atoms with E-state index in [0.717, 1.165) is 23.0 Å². The molecule has 2 aliphatic rings. The van der Waals surface area contributed by atoms with E-state index in [0.29, 0.717) is 0 Å². The highest BCUT2D eigenvalue weighted by atomic mass is 32.1. The molecule has 0 aromatic heterocycles. The Morgan fingerprint density at radius 2 is 1.86 bits per heavy atom. The van der Waals surface area contributed by atoms with E-state index in [9.17, 15) is 0 Å². The van der Waals surface area contributed by atoms with Gasteiger partial charge in [-0.2, -0.15) is 0 Å². The molecule has 21 heavy (non-hydrogen) atoms. The number of rotatable bonds is 1. The monoisotopic (exact) mass is 296 g/mol. The molecule has 0 amide bonds. The van der Waals surface area contributed by atoms with Crippen molar-refractivity contribution in [2.45, 2.75) is 25.1 Å². The van der Waals surface area contributed by atoms with Gasteiger partial charge < -0.3 is 10.1 Å². The molecule has 0 saturated carbocycles. The molecule has 0 spiro atoms. The summed E-state index contributed by atoms with van der Waals surface area (Å²) in [6, 6.07) is 18.6. The molecule has 2 aromatic rings. The topological polar surface area (TPSA) is 24.5 Å². The first kappa shape index (κ1) is 12.7. The van der Waals surface area contributed by atoms with Crippen LogP contribution in [0.1, 0.15) is 24.9 Å². The summed E-state index contributed by atoms with van der Waals surface area (Å²) in [5.74, 6) is 0.937. The number of nitrogens with zero attached hydrogens (tertiary/aromatic N) is 1. The molecule has 2 heterocycles. The van der Waals surface area contributed by atoms with E-state index in [1.165, 1.54) is 5.56 Å². The van der Waals surface area contributed by atoms with Crippen molar-refractivity contribution < 1.29 is 4.74 Å². The molecule has 2 aliphatic heterocycles. The maximum Gasteiger partial charge on any atom is 0.188 e. The molecule has 1 fully saturated rings. The summed E-state index contributed by atoms with van der Waals surface area (Å²) in [4.78, 5) is 2.08. The van der Waals surface area contributed by atoms with Crippen LogP contribution in [0.5, 0.6) is 5.75 Å². The van der Waals surface area contributed by atoms with Crippen LogP contribution in [0.4, 0.5) is 5.69 Å². The Kier molecular flexibility index (Phi) is 2.69. The number of nitrogens with one attached hydrogen (secondary N) is 1. The van der Waals surface area contributed by atoms with Crippen molar-refractivity contribution in [3.05, 3.63) is 60.2 Å². The number of hydrogen-bond donors (Lipinski definition) is 1. The lowest BCUT2D eigenvalue weighted by Crippen LogP contribution is -2.65. The van der Waals surface area contributed by atoms with Crippen molar-refractivity contribution in [1.29, 1.82) is 0 Å². The van der Waals surface area contributed by atoms with Crippen LogP contribution in [0.25, 0.3) is 0 Å². The number of fused-ring (bicyclic) bond motifs is 4. The molecule has 4 heteroatoms. The van der Waals surface area contributed by atoms with Crippen LogP contribution >= 0.6 is 12.2 Å². The van der Waals surface area contributed by atoms with Gasteiger partial charge in [-0.3, -0.25) is 4.90 Å². The molecule has 1 N–H and O–H groups in total. The molecule has 106 valence electrons. The average Bonchev–Trinajstić information content (AvgIpc) is 2.47. The van der Waals surface area contributed by atoms with Gasteiger partial charge >= 0.3 is 0 Å². The predicted molar refractivity (Wildman–Crippen MR) is 87.5 cm³/mol. The maximum atomic E-state index is 6.33. The standard InChI is InChI=1S/C17H16N2OS/c1-17-11-14(13-9-5-6-10-15(13)20-17)18-16(21)19(17)12-7-3-2-4-8-12/h2-10,14H,11H2,1H3,(H,18,21)/t14-,17+/m0/s1. The molecule has 2 atom stereocenters.